The van der Waals surface area contributed by atoms with E-state index in [9.17, 15) is 4.79 Å². The second-order valence-electron chi connectivity index (χ2n) is 6.00. The molecule has 0 aliphatic heterocycles. The molecule has 3 rings (SSSR count). The summed E-state index contributed by atoms with van der Waals surface area (Å²) in [6.45, 7) is 0.271. The monoisotopic (exact) mass is 522 g/mol. The number of halogens is 6. The van der Waals surface area contributed by atoms with E-state index >= 15 is 0 Å². The maximum atomic E-state index is 12.1. The molecule has 2 amide bonds. The quantitative estimate of drug-likeness (QED) is 0.328. The minimum Gasteiger partial charge on any atom is -0.454 e. The number of carbonyl (C=O) groups excluding carboxylic acids is 1. The van der Waals surface area contributed by atoms with Crippen molar-refractivity contribution in [2.75, 3.05) is 5.32 Å². The van der Waals surface area contributed by atoms with E-state index in [4.69, 9.17) is 74.3 Å². The summed E-state index contributed by atoms with van der Waals surface area (Å²) >= 11 is 36.1. The number of hydrogen-bond acceptors (Lipinski definition) is 2. The first-order valence-electron chi connectivity index (χ1n) is 8.33. The molecule has 4 nitrogen and oxygen atoms in total. The van der Waals surface area contributed by atoms with Crippen molar-refractivity contribution in [3.63, 3.8) is 0 Å². The Labute approximate surface area is 202 Å². The van der Waals surface area contributed by atoms with E-state index in [1.54, 1.807) is 36.4 Å². The number of ether oxygens (including phenoxy) is 1. The molecule has 0 saturated carbocycles. The van der Waals surface area contributed by atoms with Crippen LogP contribution in [-0.4, -0.2) is 6.03 Å². The van der Waals surface area contributed by atoms with Crippen molar-refractivity contribution in [3.05, 3.63) is 84.2 Å². The van der Waals surface area contributed by atoms with Crippen molar-refractivity contribution in [1.82, 2.24) is 5.32 Å². The van der Waals surface area contributed by atoms with Gasteiger partial charge in [-0.1, -0.05) is 75.7 Å². The molecule has 10 heteroatoms. The molecule has 0 radical (unpaired) electrons. The fourth-order valence-corrected chi connectivity index (χ4v) is 3.48. The number of anilines is 1. The fraction of sp³-hybridized carbons (Fsp3) is 0.0500. The highest BCUT2D eigenvalue weighted by molar-refractivity contribution is 6.43. The van der Waals surface area contributed by atoms with Gasteiger partial charge in [0.1, 0.15) is 11.5 Å². The summed E-state index contributed by atoms with van der Waals surface area (Å²) in [4.78, 5) is 12.1. The van der Waals surface area contributed by atoms with E-state index in [1.165, 1.54) is 12.1 Å². The van der Waals surface area contributed by atoms with Gasteiger partial charge in [0.05, 0.1) is 30.1 Å². The van der Waals surface area contributed by atoms with Crippen LogP contribution < -0.4 is 15.4 Å². The summed E-state index contributed by atoms with van der Waals surface area (Å²) < 4.78 is 5.70. The minimum absolute atomic E-state index is 0.263. The summed E-state index contributed by atoms with van der Waals surface area (Å²) in [5.74, 6) is 0.631. The molecule has 0 unspecified atom stereocenters. The number of hydrogen-bond donors (Lipinski definition) is 2. The fourth-order valence-electron chi connectivity index (χ4n) is 2.37. The van der Waals surface area contributed by atoms with Crippen LogP contribution in [0.2, 0.25) is 30.1 Å². The van der Waals surface area contributed by atoms with Gasteiger partial charge in [0.2, 0.25) is 0 Å². The SMILES string of the molecule is O=C(NCc1ccc(Cl)c(Cl)c1)Nc1ccc(Oc2cc(Cl)c(Cl)cc2Cl)c(Cl)c1. The van der Waals surface area contributed by atoms with Crippen LogP contribution in [0.5, 0.6) is 11.5 Å². The third-order valence-corrected chi connectivity index (χ3v) is 5.87. The molecule has 0 bridgehead atoms. The van der Waals surface area contributed by atoms with Crippen LogP contribution in [0.3, 0.4) is 0 Å². The maximum absolute atomic E-state index is 12.1. The summed E-state index contributed by atoms with van der Waals surface area (Å²) in [7, 11) is 0. The van der Waals surface area contributed by atoms with Crippen molar-refractivity contribution >= 4 is 81.3 Å². The van der Waals surface area contributed by atoms with E-state index in [1.807, 2.05) is 0 Å². The molecule has 3 aromatic rings. The van der Waals surface area contributed by atoms with E-state index in [0.29, 0.717) is 37.3 Å². The van der Waals surface area contributed by atoms with Crippen molar-refractivity contribution in [1.29, 1.82) is 0 Å². The predicted octanol–water partition coefficient (Wildman–Crippen LogP) is 8.72. The van der Waals surface area contributed by atoms with Gasteiger partial charge >= 0.3 is 6.03 Å². The normalized spacial score (nSPS) is 10.6. The number of carbonyl (C=O) groups is 1. The number of urea groups is 1. The van der Waals surface area contributed by atoms with Crippen LogP contribution in [0.1, 0.15) is 5.56 Å². The third kappa shape index (κ3) is 6.01. The molecule has 0 heterocycles. The molecule has 0 saturated heterocycles. The Morgan fingerprint density at radius 3 is 2.07 bits per heavy atom. The first kappa shape index (κ1) is 23.1. The van der Waals surface area contributed by atoms with Crippen LogP contribution in [0.25, 0.3) is 0 Å². The number of nitrogens with one attached hydrogen (secondary N) is 2. The zero-order chi connectivity index (χ0) is 21.8. The smallest absolute Gasteiger partial charge is 0.319 e. The van der Waals surface area contributed by atoms with Gasteiger partial charge in [0, 0.05) is 18.3 Å². The highest BCUT2D eigenvalue weighted by Gasteiger charge is 2.12. The molecule has 156 valence electrons. The van der Waals surface area contributed by atoms with Crippen LogP contribution >= 0.6 is 69.6 Å². The highest BCUT2D eigenvalue weighted by Crippen LogP contribution is 2.39. The lowest BCUT2D eigenvalue weighted by molar-refractivity contribution is 0.251. The number of amides is 2. The molecule has 0 spiro atoms. The number of rotatable bonds is 5. The van der Waals surface area contributed by atoms with Crippen molar-refractivity contribution in [2.24, 2.45) is 0 Å². The van der Waals surface area contributed by atoms with Crippen LogP contribution in [0, 0.1) is 0 Å². The highest BCUT2D eigenvalue weighted by atomic mass is 35.5. The molecule has 0 atom stereocenters. The average molecular weight is 525 g/mol. The Balaban J connectivity index is 1.62. The van der Waals surface area contributed by atoms with Gasteiger partial charge in [-0.15, -0.1) is 0 Å². The lowest BCUT2D eigenvalue weighted by Gasteiger charge is -2.12. The first-order chi connectivity index (χ1) is 14.2. The standard InChI is InChI=1S/C20H12Cl6N2O2/c21-12-3-1-10(5-13(12)22)9-27-20(29)28-11-2-4-18(16(25)6-11)30-19-8-15(24)14(23)7-17(19)26/h1-8H,9H2,(H2,27,28,29). The first-order valence-corrected chi connectivity index (χ1v) is 10.6. The molecular formula is C20H12Cl6N2O2. The Morgan fingerprint density at radius 1 is 0.700 bits per heavy atom. The predicted molar refractivity (Wildman–Crippen MR) is 125 cm³/mol. The second kappa shape index (κ2) is 10.2. The van der Waals surface area contributed by atoms with Crippen molar-refractivity contribution < 1.29 is 9.53 Å². The van der Waals surface area contributed by atoms with Crippen LogP contribution in [0.15, 0.2) is 48.5 Å². The van der Waals surface area contributed by atoms with Gasteiger partial charge in [-0.3, -0.25) is 0 Å². The Morgan fingerprint density at radius 2 is 1.37 bits per heavy atom. The summed E-state index contributed by atoms with van der Waals surface area (Å²) in [5, 5.41) is 7.42. The summed E-state index contributed by atoms with van der Waals surface area (Å²) in [6.07, 6.45) is 0. The van der Waals surface area contributed by atoms with E-state index in [-0.39, 0.29) is 16.6 Å². The Hall–Kier alpha value is -1.53. The summed E-state index contributed by atoms with van der Waals surface area (Å²) in [5.41, 5.74) is 1.28. The van der Waals surface area contributed by atoms with Crippen LogP contribution in [0.4, 0.5) is 10.5 Å². The molecular weight excluding hydrogens is 513 g/mol. The van der Waals surface area contributed by atoms with Gasteiger partial charge in [0.15, 0.2) is 0 Å². The van der Waals surface area contributed by atoms with Gasteiger partial charge in [-0.05, 0) is 42.0 Å². The topological polar surface area (TPSA) is 50.4 Å². The maximum Gasteiger partial charge on any atom is 0.319 e. The average Bonchev–Trinajstić information content (AvgIpc) is 2.69. The Kier molecular flexibility index (Phi) is 7.86. The van der Waals surface area contributed by atoms with E-state index < -0.39 is 6.03 Å². The van der Waals surface area contributed by atoms with E-state index in [2.05, 4.69) is 10.6 Å². The minimum atomic E-state index is -0.418. The third-order valence-electron chi connectivity index (χ3n) is 3.82. The van der Waals surface area contributed by atoms with Crippen molar-refractivity contribution in [3.8, 4) is 11.5 Å². The second-order valence-corrected chi connectivity index (χ2v) is 8.44. The molecule has 0 aromatic heterocycles. The van der Waals surface area contributed by atoms with E-state index in [0.717, 1.165) is 5.56 Å². The van der Waals surface area contributed by atoms with Gasteiger partial charge in [0.25, 0.3) is 0 Å². The van der Waals surface area contributed by atoms with Gasteiger partial charge < -0.3 is 15.4 Å². The lowest BCUT2D eigenvalue weighted by Crippen LogP contribution is -2.28. The zero-order valence-corrected chi connectivity index (χ0v) is 19.4. The summed E-state index contributed by atoms with van der Waals surface area (Å²) in [6, 6.07) is 12.4. The molecule has 2 N–H and O–H groups in total. The Bertz CT molecular complexity index is 1110. The molecule has 0 fully saturated rings. The molecule has 0 aliphatic rings. The van der Waals surface area contributed by atoms with Gasteiger partial charge in [-0.2, -0.15) is 0 Å². The zero-order valence-electron chi connectivity index (χ0n) is 14.9. The molecule has 30 heavy (non-hydrogen) atoms. The van der Waals surface area contributed by atoms with Gasteiger partial charge in [-0.25, -0.2) is 4.79 Å². The van der Waals surface area contributed by atoms with Crippen LogP contribution in [-0.2, 0) is 6.54 Å². The largest absolute Gasteiger partial charge is 0.454 e. The molecule has 0 aliphatic carbocycles. The number of benzene rings is 3. The molecule has 3 aromatic carbocycles. The van der Waals surface area contributed by atoms with Crippen molar-refractivity contribution in [2.45, 2.75) is 6.54 Å². The lowest BCUT2D eigenvalue weighted by atomic mass is 10.2.